The number of fused-ring (bicyclic) bond motifs is 1. The van der Waals surface area contributed by atoms with Crippen LogP contribution in [0.2, 0.25) is 0 Å². The molecule has 2 aliphatic heterocycles. The normalized spacial score (nSPS) is 31.6. The first-order valence-electron chi connectivity index (χ1n) is 9.84. The zero-order valence-electron chi connectivity index (χ0n) is 16.0. The molecule has 0 aromatic carbocycles. The van der Waals surface area contributed by atoms with E-state index in [9.17, 15) is 9.59 Å². The molecule has 1 aromatic heterocycles. The van der Waals surface area contributed by atoms with Crippen LogP contribution in [0.5, 0.6) is 0 Å². The molecule has 0 radical (unpaired) electrons. The van der Waals surface area contributed by atoms with Gasteiger partial charge in [-0.05, 0) is 39.7 Å². The molecule has 2 atom stereocenters. The van der Waals surface area contributed by atoms with Crippen molar-refractivity contribution in [3.05, 3.63) is 17.8 Å². The van der Waals surface area contributed by atoms with Crippen molar-refractivity contribution in [3.63, 3.8) is 0 Å². The summed E-state index contributed by atoms with van der Waals surface area (Å²) in [6.45, 7) is 4.90. The molecule has 1 saturated carbocycles. The number of rotatable bonds is 3. The molecule has 2 amide bonds. The van der Waals surface area contributed by atoms with E-state index in [0.717, 1.165) is 45.4 Å². The monoisotopic (exact) mass is 376 g/mol. The fraction of sp³-hybridized carbons (Fsp3) is 0.737. The van der Waals surface area contributed by atoms with Gasteiger partial charge in [0, 0.05) is 31.6 Å². The van der Waals surface area contributed by atoms with Crippen LogP contribution in [0.4, 0.5) is 0 Å². The van der Waals surface area contributed by atoms with E-state index in [2.05, 4.69) is 22.2 Å². The first-order valence-corrected chi connectivity index (χ1v) is 9.84. The van der Waals surface area contributed by atoms with Gasteiger partial charge in [0.05, 0.1) is 24.4 Å². The minimum atomic E-state index is -0.219. The maximum absolute atomic E-state index is 13.0. The molecule has 27 heavy (non-hydrogen) atoms. The molecule has 0 bridgehead atoms. The number of carbonyl (C=O) groups is 2. The molecular formula is C19H28N4O4. The van der Waals surface area contributed by atoms with E-state index in [1.54, 1.807) is 6.92 Å². The minimum Gasteiger partial charge on any atom is -0.438 e. The van der Waals surface area contributed by atoms with Crippen LogP contribution in [0, 0.1) is 12.8 Å². The number of likely N-dealkylation sites (N-methyl/N-ethyl adjacent to an activating group) is 1. The Morgan fingerprint density at radius 1 is 1.22 bits per heavy atom. The van der Waals surface area contributed by atoms with Gasteiger partial charge in [-0.15, -0.1) is 0 Å². The van der Waals surface area contributed by atoms with Crippen LogP contribution in [-0.4, -0.2) is 78.1 Å². The molecule has 3 heterocycles. The summed E-state index contributed by atoms with van der Waals surface area (Å²) >= 11 is 0. The third-order valence-electron chi connectivity index (χ3n) is 6.25. The fourth-order valence-corrected chi connectivity index (χ4v) is 4.55. The summed E-state index contributed by atoms with van der Waals surface area (Å²) in [7, 11) is 2.11. The van der Waals surface area contributed by atoms with Crippen molar-refractivity contribution in [2.45, 2.75) is 50.8 Å². The van der Waals surface area contributed by atoms with Gasteiger partial charge < -0.3 is 19.4 Å². The van der Waals surface area contributed by atoms with Crippen LogP contribution in [-0.2, 0) is 9.53 Å². The van der Waals surface area contributed by atoms with Crippen molar-refractivity contribution in [2.24, 2.45) is 5.92 Å². The Balaban J connectivity index is 1.27. The lowest BCUT2D eigenvalue weighted by Gasteiger charge is -2.33. The van der Waals surface area contributed by atoms with Gasteiger partial charge in [-0.3, -0.25) is 14.5 Å². The van der Waals surface area contributed by atoms with Crippen LogP contribution in [0.15, 0.2) is 10.8 Å². The number of likely N-dealkylation sites (tertiary alicyclic amines) is 1. The molecule has 2 saturated heterocycles. The largest absolute Gasteiger partial charge is 0.438 e. The van der Waals surface area contributed by atoms with E-state index >= 15 is 0 Å². The maximum Gasteiger partial charge on any atom is 0.289 e. The Morgan fingerprint density at radius 3 is 2.67 bits per heavy atom. The Kier molecular flexibility index (Phi) is 5.19. The summed E-state index contributed by atoms with van der Waals surface area (Å²) in [5, 5.41) is 3.01. The summed E-state index contributed by atoms with van der Waals surface area (Å²) in [5.74, 6) is 0.355. The van der Waals surface area contributed by atoms with Crippen molar-refractivity contribution in [1.29, 1.82) is 0 Å². The van der Waals surface area contributed by atoms with Gasteiger partial charge in [0.2, 0.25) is 11.7 Å². The smallest absolute Gasteiger partial charge is 0.289 e. The summed E-state index contributed by atoms with van der Waals surface area (Å²) in [5.41, 5.74) is 0.596. The third-order valence-corrected chi connectivity index (χ3v) is 6.25. The van der Waals surface area contributed by atoms with E-state index in [1.165, 1.54) is 6.39 Å². The number of morpholine rings is 1. The van der Waals surface area contributed by atoms with Gasteiger partial charge in [-0.2, -0.15) is 0 Å². The highest BCUT2D eigenvalue weighted by Crippen LogP contribution is 2.29. The molecule has 1 N–H and O–H groups in total. The molecule has 4 rings (SSSR count). The molecule has 8 nitrogen and oxygen atoms in total. The Bertz CT molecular complexity index is 698. The lowest BCUT2D eigenvalue weighted by atomic mass is 9.85. The predicted molar refractivity (Wildman–Crippen MR) is 97.2 cm³/mol. The molecule has 0 unspecified atom stereocenters. The molecule has 3 aliphatic rings. The zero-order valence-corrected chi connectivity index (χ0v) is 16.0. The number of nitrogens with one attached hydrogen (secondary N) is 1. The van der Waals surface area contributed by atoms with Gasteiger partial charge in [0.25, 0.3) is 5.91 Å². The second kappa shape index (κ2) is 7.59. The summed E-state index contributed by atoms with van der Waals surface area (Å²) in [6, 6.07) is 0.408. The fourth-order valence-electron chi connectivity index (χ4n) is 4.55. The van der Waals surface area contributed by atoms with E-state index in [-0.39, 0.29) is 35.6 Å². The molecule has 0 spiro atoms. The van der Waals surface area contributed by atoms with Crippen LogP contribution in [0.25, 0.3) is 0 Å². The van der Waals surface area contributed by atoms with Crippen molar-refractivity contribution in [2.75, 3.05) is 33.3 Å². The zero-order chi connectivity index (χ0) is 19.0. The van der Waals surface area contributed by atoms with Crippen molar-refractivity contribution in [1.82, 2.24) is 20.1 Å². The topological polar surface area (TPSA) is 87.9 Å². The second-order valence-corrected chi connectivity index (χ2v) is 7.99. The number of nitrogens with zero attached hydrogens (tertiary/aromatic N) is 3. The molecule has 1 aliphatic carbocycles. The molecular weight excluding hydrogens is 348 g/mol. The highest BCUT2D eigenvalue weighted by atomic mass is 16.5. The van der Waals surface area contributed by atoms with E-state index in [0.29, 0.717) is 18.3 Å². The third kappa shape index (κ3) is 3.73. The highest BCUT2D eigenvalue weighted by molar-refractivity contribution is 5.92. The molecule has 8 heteroatoms. The quantitative estimate of drug-likeness (QED) is 0.840. The van der Waals surface area contributed by atoms with Gasteiger partial charge in [0.1, 0.15) is 0 Å². The van der Waals surface area contributed by atoms with Crippen LogP contribution in [0.1, 0.15) is 41.9 Å². The minimum absolute atomic E-state index is 0.0515. The summed E-state index contributed by atoms with van der Waals surface area (Å²) < 4.78 is 11.0. The highest BCUT2D eigenvalue weighted by Gasteiger charge is 2.42. The average Bonchev–Trinajstić information content (AvgIpc) is 3.29. The first-order chi connectivity index (χ1) is 13.0. The number of oxazole rings is 1. The Hall–Kier alpha value is -1.93. The molecule has 148 valence electrons. The number of hydrogen-bond donors (Lipinski definition) is 1. The van der Waals surface area contributed by atoms with Gasteiger partial charge in [0.15, 0.2) is 6.39 Å². The second-order valence-electron chi connectivity index (χ2n) is 7.99. The van der Waals surface area contributed by atoms with Crippen molar-refractivity contribution in [3.8, 4) is 0 Å². The Labute approximate surface area is 159 Å². The predicted octanol–water partition coefficient (Wildman–Crippen LogP) is 0.813. The van der Waals surface area contributed by atoms with E-state index in [1.807, 2.05) is 4.90 Å². The van der Waals surface area contributed by atoms with Gasteiger partial charge >= 0.3 is 0 Å². The summed E-state index contributed by atoms with van der Waals surface area (Å²) in [6.07, 6.45) is 4.67. The number of amides is 2. The molecule has 1 aromatic rings. The molecule has 3 fully saturated rings. The van der Waals surface area contributed by atoms with Gasteiger partial charge in [-0.25, -0.2) is 4.98 Å². The average molecular weight is 376 g/mol. The van der Waals surface area contributed by atoms with E-state index < -0.39 is 0 Å². The maximum atomic E-state index is 13.0. The van der Waals surface area contributed by atoms with Gasteiger partial charge in [-0.1, -0.05) is 0 Å². The number of carbonyl (C=O) groups excluding carboxylic acids is 2. The van der Waals surface area contributed by atoms with Crippen LogP contribution < -0.4 is 5.32 Å². The van der Waals surface area contributed by atoms with Crippen LogP contribution >= 0.6 is 0 Å². The number of aromatic nitrogens is 1. The number of aryl methyl sites for hydroxylation is 1. The summed E-state index contributed by atoms with van der Waals surface area (Å²) in [4.78, 5) is 33.5. The Morgan fingerprint density at radius 2 is 2.00 bits per heavy atom. The standard InChI is InChI=1S/C19H28N4O4/c1-12-17(27-11-20-12)18(24)21-14-5-3-13(4-6-14)19(25)23-9-15-16(10-23)26-8-7-22(15)2/h11,13-16H,3-10H2,1-2H3,(H,21,24)/t13?,14?,15-,16-/m0/s1. The SMILES string of the molecule is Cc1ncoc1C(=O)NC1CCC(C(=O)N2C[C@@H]3OCCN(C)[C@H]3C2)CC1. The lowest BCUT2D eigenvalue weighted by Crippen LogP contribution is -2.48. The lowest BCUT2D eigenvalue weighted by molar-refractivity contribution is -0.136. The van der Waals surface area contributed by atoms with Crippen molar-refractivity contribution >= 4 is 11.8 Å². The number of ether oxygens (including phenoxy) is 1. The first kappa shape index (κ1) is 18.4. The van der Waals surface area contributed by atoms with E-state index in [4.69, 9.17) is 9.15 Å². The van der Waals surface area contributed by atoms with Crippen molar-refractivity contribution < 1.29 is 18.7 Å². The van der Waals surface area contributed by atoms with Crippen LogP contribution in [0.3, 0.4) is 0 Å². The number of hydrogen-bond acceptors (Lipinski definition) is 6.